The molecule has 22 rings (SSSR count). The van der Waals surface area contributed by atoms with Crippen molar-refractivity contribution < 1.29 is 4.42 Å². The van der Waals surface area contributed by atoms with Gasteiger partial charge in [0.2, 0.25) is 0 Å². The molecule has 0 aliphatic rings. The lowest BCUT2D eigenvalue weighted by molar-refractivity contribution is 0.602. The van der Waals surface area contributed by atoms with Gasteiger partial charge in [0.05, 0.1) is 98.3 Å². The van der Waals surface area contributed by atoms with E-state index in [9.17, 15) is 20.1 Å². The van der Waals surface area contributed by atoms with Crippen LogP contribution in [0.1, 0.15) is 22.5 Å². The number of hydrogen-bond acceptors (Lipinski definition) is 28. The second-order valence-corrected chi connectivity index (χ2v) is 34.1. The Morgan fingerprint density at radius 1 is 0.423 bits per heavy atom. The van der Waals surface area contributed by atoms with Crippen LogP contribution in [0.4, 0.5) is 29.1 Å². The zero-order chi connectivity index (χ0) is 95.2. The highest BCUT2D eigenvalue weighted by molar-refractivity contribution is 9.10. The molecule has 0 bridgehead atoms. The number of nitrogens with one attached hydrogen (secondary N) is 6. The second-order valence-electron chi connectivity index (χ2n) is 30.4. The number of benzene rings is 8. The predicted octanol–water partition coefficient (Wildman–Crippen LogP) is 19.4. The third kappa shape index (κ3) is 19.7. The number of aromatic nitrogens is 25. The lowest BCUT2D eigenvalue weighted by Crippen LogP contribution is -2.18. The summed E-state index contributed by atoms with van der Waals surface area (Å²) >= 11 is 36.7. The van der Waals surface area contributed by atoms with E-state index in [0.29, 0.717) is 156 Å². The molecule has 0 atom stereocenters. The number of nitrogen functional groups attached to an aromatic ring is 3. The number of hydrogen-bond donors (Lipinski definition) is 9. The minimum atomic E-state index is -0.348. The largest absolute Gasteiger partial charge is 0.443 e. The van der Waals surface area contributed by atoms with Gasteiger partial charge in [-0.05, 0) is 118 Å². The minimum Gasteiger partial charge on any atom is -0.443 e. The molecule has 12 N–H and O–H groups in total. The van der Waals surface area contributed by atoms with Crippen LogP contribution in [-0.4, -0.2) is 124 Å². The molecule has 14 aromatic heterocycles. The van der Waals surface area contributed by atoms with Crippen molar-refractivity contribution in [1.29, 1.82) is 10.5 Å². The summed E-state index contributed by atoms with van der Waals surface area (Å²) in [4.78, 5) is 80.3. The number of pyridine rings is 1. The predicted molar refractivity (Wildman–Crippen MR) is 536 cm³/mol. The van der Waals surface area contributed by atoms with Gasteiger partial charge in [-0.25, -0.2) is 49.8 Å². The smallest absolute Gasteiger partial charge is 0.291 e. The van der Waals surface area contributed by atoms with Gasteiger partial charge in [-0.3, -0.25) is 43.5 Å². The van der Waals surface area contributed by atoms with Crippen LogP contribution < -0.4 is 39.0 Å². The maximum absolute atomic E-state index is 12.9. The second kappa shape index (κ2) is 39.6. The molecule has 22 aromatic rings. The molecule has 0 aliphatic heterocycles. The van der Waals surface area contributed by atoms with Gasteiger partial charge in [-0.1, -0.05) is 155 Å². The number of anilines is 5. The summed E-state index contributed by atoms with van der Waals surface area (Å²) < 4.78 is 13.5. The van der Waals surface area contributed by atoms with Crippen molar-refractivity contribution in [2.24, 2.45) is 28.2 Å². The van der Waals surface area contributed by atoms with Crippen LogP contribution in [0.2, 0.25) is 25.1 Å². The molecule has 0 amide bonds. The van der Waals surface area contributed by atoms with E-state index in [-0.39, 0.29) is 45.8 Å². The van der Waals surface area contributed by atoms with E-state index in [2.05, 4.69) is 132 Å². The Hall–Kier alpha value is -16.8. The van der Waals surface area contributed by atoms with Crippen molar-refractivity contribution in [3.63, 3.8) is 0 Å². The number of aromatic amines is 4. The zero-order valence-electron chi connectivity index (χ0n) is 71.9. The van der Waals surface area contributed by atoms with E-state index < -0.39 is 0 Å². The summed E-state index contributed by atoms with van der Waals surface area (Å²) in [5, 5.41) is 61.4. The molecule has 14 heterocycles. The molecule has 35 nitrogen and oxygen atoms in total. The summed E-state index contributed by atoms with van der Waals surface area (Å²) in [6.07, 6.45) is 13.7. The molecule has 0 spiro atoms. The van der Waals surface area contributed by atoms with Crippen LogP contribution in [0.25, 0.3) is 167 Å². The Labute approximate surface area is 812 Å². The number of nitrogens with two attached hydrogens (primary N) is 3. The molecule has 0 fully saturated rings. The summed E-state index contributed by atoms with van der Waals surface area (Å²) in [5.74, 6) is 0.902. The Kier molecular flexibility index (Phi) is 26.2. The Morgan fingerprint density at radius 3 is 1.34 bits per heavy atom. The van der Waals surface area contributed by atoms with Gasteiger partial charge >= 0.3 is 0 Å². The zero-order valence-corrected chi connectivity index (χ0v) is 78.1. The molecule has 42 heteroatoms. The summed E-state index contributed by atoms with van der Waals surface area (Å²) in [6.45, 7) is 0.949. The highest BCUT2D eigenvalue weighted by atomic mass is 79.9. The van der Waals surface area contributed by atoms with Crippen molar-refractivity contribution >= 4 is 168 Å². The number of halogens is 6. The third-order valence-corrected chi connectivity index (χ3v) is 23.9. The molecule has 137 heavy (non-hydrogen) atoms. The monoisotopic (exact) mass is 1990 g/mol. The van der Waals surface area contributed by atoms with Crippen LogP contribution in [0.15, 0.2) is 262 Å². The van der Waals surface area contributed by atoms with Crippen molar-refractivity contribution in [3.05, 3.63) is 316 Å². The third-order valence-electron chi connectivity index (χ3n) is 21.1. The fourth-order valence-electron chi connectivity index (χ4n) is 14.6. The van der Waals surface area contributed by atoms with Crippen LogP contribution in [0, 0.1) is 22.7 Å². The molecule has 8 aromatic carbocycles. The molecule has 674 valence electrons. The van der Waals surface area contributed by atoms with E-state index in [1.54, 1.807) is 92.5 Å². The van der Waals surface area contributed by atoms with E-state index >= 15 is 0 Å². The highest BCUT2D eigenvalue weighted by Crippen LogP contribution is 2.42. The van der Waals surface area contributed by atoms with Gasteiger partial charge < -0.3 is 42.2 Å². The SMILES string of the molecule is Cn1ccc(-c2nc(N)c(Br)nc2-c2cc(Cl)c3[nH]ncc3c2)n1.Cn1ccc(-c2nc(N)c(C#N)nc2-c2cc(Cl)c3[nH]ncc3c2)n1.Cn1ccc(-c2nc(NCc3ccccc3)c(=O)[nH]c2-c2cc(Cl)c3ncoc3c2)n1.Cn1ccc(-c2nc(NCc3ccccc3)c(=O)[nH]c2-c2cc(Cl)c3ncsc3c2)n1.N#Cc1nc(-c2cc(Cl)c3ncccc3c2)c(-c2ccccc2)nc1N. The van der Waals surface area contributed by atoms with Gasteiger partial charge in [0.1, 0.15) is 73.5 Å². The average Bonchev–Trinajstić information content (AvgIpc) is 1.73. The molecular weight excluding hydrogens is 1930 g/mol. The molecule has 0 radical (unpaired) electrons. The summed E-state index contributed by atoms with van der Waals surface area (Å²) in [6, 6.07) is 62.6. The maximum atomic E-state index is 12.9. The first kappa shape index (κ1) is 90.7. The standard InChI is InChI=1S/C22H17ClN6O2.C22H17ClN6OS.C20H12ClN5.C16H11ClN8.C15H11BrClN7/c2*1-29-8-7-16(28-29)20-18(14-9-15(23)19-17(10-14)31-12-25-19)27-22(30)21(26-20)24-11-13-5-3-2-4-6-13;21-15-10-14(9-13-7-4-8-24-17(13)15)19-18(12-5-2-1-3-6-12)26-20(23)16(11-22)25-19;1-25-3-2-11(24-25)15-14(21-12(6-18)16(19)22-15)8-4-9-7-20-23-13(9)10(17)5-8;1-24-3-2-10(23-24)13-12(20-14(16)15(18)21-13)7-4-8-6-19-22-11(8)9(17)5-7/h2*2-10,12H,11H2,1H3,(H,24,26)(H,27,30);1-10H,(H2,23,26);2-5,7H,1H3,(H2,19,22)(H,20,23);2-6H,1H3,(H2,18,21)(H,19,22). The molecule has 0 saturated carbocycles. The first-order valence-electron chi connectivity index (χ1n) is 41.2. The van der Waals surface area contributed by atoms with Gasteiger partial charge in [0, 0.05) is 122 Å². The van der Waals surface area contributed by atoms with Gasteiger partial charge in [-0.2, -0.15) is 41.1 Å². The fraction of sp³-hybridized carbons (Fsp3) is 0.0632. The van der Waals surface area contributed by atoms with E-state index in [0.717, 1.165) is 70.8 Å². The number of rotatable bonds is 16. The lowest BCUT2D eigenvalue weighted by Gasteiger charge is -2.12. The van der Waals surface area contributed by atoms with Crippen LogP contribution in [0.3, 0.4) is 0 Å². The Bertz CT molecular complexity index is 8330. The average molecular weight is 2000 g/mol. The molecule has 0 unspecified atom stereocenters. The minimum absolute atomic E-state index is 0.0538. The van der Waals surface area contributed by atoms with Gasteiger partial charge in [0.25, 0.3) is 11.1 Å². The van der Waals surface area contributed by atoms with E-state index in [1.165, 1.54) is 17.7 Å². The summed E-state index contributed by atoms with van der Waals surface area (Å²) in [7, 11) is 7.30. The van der Waals surface area contributed by atoms with Gasteiger partial charge in [0.15, 0.2) is 52.5 Å². The van der Waals surface area contributed by atoms with Crippen LogP contribution in [0.5, 0.6) is 0 Å². The number of nitrogens with zero attached hydrogens (tertiary/aromatic N) is 23. The quantitative estimate of drug-likeness (QED) is 0.0434. The fourth-order valence-corrected chi connectivity index (χ4v) is 17.0. The number of H-pyrrole nitrogens is 4. The van der Waals surface area contributed by atoms with E-state index in [1.807, 2.05) is 204 Å². The Balaban J connectivity index is 0.000000114. The Morgan fingerprint density at radius 2 is 0.847 bits per heavy atom. The maximum Gasteiger partial charge on any atom is 0.291 e. The van der Waals surface area contributed by atoms with Crippen molar-refractivity contribution in [1.82, 2.24) is 124 Å². The number of nitriles is 2. The molecular formula is C95H68BrCl5N32O3S. The number of fused-ring (bicyclic) bond motifs is 5. The normalized spacial score (nSPS) is 11.0. The number of oxazole rings is 1. The lowest BCUT2D eigenvalue weighted by atomic mass is 10.0. The molecule has 0 saturated heterocycles. The van der Waals surface area contributed by atoms with Crippen molar-refractivity contribution in [2.75, 3.05) is 27.8 Å². The topological polar surface area (TPSA) is 499 Å². The van der Waals surface area contributed by atoms with E-state index in [4.69, 9.17) is 79.6 Å². The van der Waals surface area contributed by atoms with Crippen LogP contribution >= 0.6 is 85.3 Å². The first-order chi connectivity index (χ1) is 66.4. The number of aryl methyl sites for hydroxylation is 4. The van der Waals surface area contributed by atoms with Crippen molar-refractivity contribution in [2.45, 2.75) is 13.1 Å². The summed E-state index contributed by atoms with van der Waals surface area (Å²) in [5.41, 5.74) is 37.6. The van der Waals surface area contributed by atoms with Crippen molar-refractivity contribution in [3.8, 4) is 125 Å². The van der Waals surface area contributed by atoms with Crippen LogP contribution in [-0.2, 0) is 41.3 Å². The molecule has 0 aliphatic carbocycles. The first-order valence-corrected chi connectivity index (χ1v) is 44.7. The number of thiazole rings is 1. The van der Waals surface area contributed by atoms with Gasteiger partial charge in [-0.15, -0.1) is 11.3 Å². The highest BCUT2D eigenvalue weighted by Gasteiger charge is 2.26.